The van der Waals surface area contributed by atoms with Crippen LogP contribution >= 0.6 is 9.69 Å². The molecule has 0 aliphatic heterocycles. The van der Waals surface area contributed by atoms with Gasteiger partial charge in [0.05, 0.1) is 6.54 Å². The first kappa shape index (κ1) is 29.6. The Bertz CT molecular complexity index is 82.6. The van der Waals surface area contributed by atoms with Crippen molar-refractivity contribution in [3.63, 3.8) is 0 Å². The van der Waals surface area contributed by atoms with Crippen LogP contribution in [0.25, 0.3) is 0 Å². The van der Waals surface area contributed by atoms with Gasteiger partial charge in [-0.1, -0.05) is 0 Å². The molecule has 0 saturated heterocycles. The quantitative estimate of drug-likeness (QED) is 0.360. The zero-order valence-corrected chi connectivity index (χ0v) is 8.82. The van der Waals surface area contributed by atoms with E-state index in [4.69, 9.17) is 19.5 Å². The summed E-state index contributed by atoms with van der Waals surface area (Å²) in [6.45, 7) is 9.47. The van der Waals surface area contributed by atoms with Crippen molar-refractivity contribution in [2.45, 2.75) is 0 Å². The second kappa shape index (κ2) is 119. The molecule has 0 atom stereocenters. The van der Waals surface area contributed by atoms with E-state index < -0.39 is 5.97 Å². The number of carbonyl (C=O) groups is 1. The normalized spacial score (nSPS) is 4.00. The van der Waals surface area contributed by atoms with Crippen LogP contribution in [0.3, 0.4) is 0 Å². The standard InChI is InChI=1S/C2H5NO2.3CHO.ClH.Ru/c3-1-2(4)5;3*1-2;;/h1,3H2,(H,4,5);3*1H;1H;/q;3*+1;;+1/p-1. The molecule has 0 heterocycles. The summed E-state index contributed by atoms with van der Waals surface area (Å²) in [6.07, 6.45) is 0. The van der Waals surface area contributed by atoms with Crippen molar-refractivity contribution in [2.24, 2.45) is 5.73 Å². The average Bonchev–Trinajstić information content (AvgIpc) is 2.29. The number of carboxylic acid groups (broad SMARTS) is 1. The summed E-state index contributed by atoms with van der Waals surface area (Å²) in [5.74, 6) is -0.968. The zero-order valence-electron chi connectivity index (χ0n) is 6.33. The molecule has 0 rings (SSSR count). The van der Waals surface area contributed by atoms with Gasteiger partial charge in [0.1, 0.15) is 0 Å². The Labute approximate surface area is 90.2 Å². The molecule has 3 N–H and O–H groups in total. The van der Waals surface area contributed by atoms with Crippen LogP contribution in [0.4, 0.5) is 0 Å². The third kappa shape index (κ3) is 779. The fourth-order valence-electron chi connectivity index (χ4n) is 0. The van der Waals surface area contributed by atoms with E-state index in [1.807, 2.05) is 17.3 Å². The van der Waals surface area contributed by atoms with Gasteiger partial charge < -0.3 is 10.8 Å². The van der Waals surface area contributed by atoms with E-state index in [9.17, 15) is 4.79 Å². The van der Waals surface area contributed by atoms with Crippen LogP contribution in [0.15, 0.2) is 0 Å². The molecule has 0 radical (unpaired) electrons. The molecule has 0 fully saturated rings. The van der Waals surface area contributed by atoms with Crippen molar-refractivity contribution >= 4 is 36.0 Å². The monoisotopic (exact) mass is 299 g/mol. The number of hydrogen-bond donors (Lipinski definition) is 2. The fraction of sp³-hybridized carbons (Fsp3) is 0.200. The minimum absolute atomic E-state index is 0.278. The van der Waals surface area contributed by atoms with E-state index in [0.717, 1.165) is 0 Å². The number of hydrogen-bond acceptors (Lipinski definition) is 5. The first-order valence-electron chi connectivity index (χ1n) is 2.03. The van der Waals surface area contributed by atoms with Crippen molar-refractivity contribution in [2.75, 3.05) is 6.54 Å². The number of nitrogens with two attached hydrogens (primary N) is 1. The first-order chi connectivity index (χ1) is 6.27. The van der Waals surface area contributed by atoms with Crippen LogP contribution in [-0.4, -0.2) is 38.0 Å². The Morgan fingerprint density at radius 2 is 1.23 bits per heavy atom. The molecular formula is C5H8ClNO5Ru+3. The van der Waals surface area contributed by atoms with E-state index in [0.29, 0.717) is 0 Å². The Kier molecular flexibility index (Phi) is 270. The van der Waals surface area contributed by atoms with Gasteiger partial charge in [-0.25, -0.2) is 0 Å². The van der Waals surface area contributed by atoms with E-state index in [-0.39, 0.29) is 6.54 Å². The van der Waals surface area contributed by atoms with Crippen molar-refractivity contribution in [1.29, 1.82) is 0 Å². The van der Waals surface area contributed by atoms with Gasteiger partial charge in [0.15, 0.2) is 0 Å². The maximum atomic E-state index is 9.24. The number of halogens is 1. The first-order valence-corrected chi connectivity index (χ1v) is 4.27. The summed E-state index contributed by atoms with van der Waals surface area (Å²) in [4.78, 5) is 32.5. The topological polar surface area (TPSA) is 115 Å². The third-order valence-corrected chi connectivity index (χ3v) is 0.175. The summed E-state index contributed by atoms with van der Waals surface area (Å²) in [5.41, 5.74) is 4.57. The molecule has 0 unspecified atom stereocenters. The average molecular weight is 299 g/mol. The zero-order chi connectivity index (χ0) is 12.3. The van der Waals surface area contributed by atoms with Gasteiger partial charge in [0, 0.05) is 14.4 Å². The predicted molar refractivity (Wildman–Crippen MR) is 42.8 cm³/mol. The van der Waals surface area contributed by atoms with Gasteiger partial charge in [-0.05, 0) is 0 Å². The molecule has 0 saturated carbocycles. The van der Waals surface area contributed by atoms with Crippen molar-refractivity contribution in [3.8, 4) is 0 Å². The molecule has 0 bridgehead atoms. The predicted octanol–water partition coefficient (Wildman–Crippen LogP) is -1.11. The Morgan fingerprint density at radius 1 is 1.15 bits per heavy atom. The van der Waals surface area contributed by atoms with Gasteiger partial charge in [0.2, 0.25) is 0 Å². The van der Waals surface area contributed by atoms with Crippen molar-refractivity contribution < 1.29 is 41.6 Å². The van der Waals surface area contributed by atoms with Crippen LogP contribution in [-0.2, 0) is 36.5 Å². The van der Waals surface area contributed by atoms with Gasteiger partial charge in [-0.15, -0.1) is 0 Å². The molecule has 0 aliphatic carbocycles. The molecule has 0 aromatic heterocycles. The summed E-state index contributed by atoms with van der Waals surface area (Å²) in [7, 11) is 4.57. The van der Waals surface area contributed by atoms with E-state index in [1.165, 1.54) is 0 Å². The Hall–Kier alpha value is -0.917. The van der Waals surface area contributed by atoms with E-state index in [1.54, 1.807) is 0 Å². The molecule has 0 aromatic carbocycles. The van der Waals surface area contributed by atoms with Crippen LogP contribution in [0.1, 0.15) is 0 Å². The van der Waals surface area contributed by atoms with Gasteiger partial charge in [0.25, 0.3) is 0 Å². The molecule has 75 valence electrons. The van der Waals surface area contributed by atoms with Crippen LogP contribution < -0.4 is 5.73 Å². The van der Waals surface area contributed by atoms with Crippen LogP contribution in [0.5, 0.6) is 0 Å². The number of rotatable bonds is 1. The maximum absolute atomic E-state index is 9.24. The van der Waals surface area contributed by atoms with Gasteiger partial charge >= 0.3 is 53.3 Å². The van der Waals surface area contributed by atoms with E-state index in [2.05, 4.69) is 35.8 Å². The van der Waals surface area contributed by atoms with Gasteiger partial charge in [-0.2, -0.15) is 0 Å². The van der Waals surface area contributed by atoms with Crippen molar-refractivity contribution in [3.05, 3.63) is 0 Å². The van der Waals surface area contributed by atoms with E-state index >= 15 is 0 Å². The molecule has 0 aromatic rings. The number of aliphatic carboxylic acids is 1. The van der Waals surface area contributed by atoms with Crippen molar-refractivity contribution in [1.82, 2.24) is 0 Å². The number of carboxylic acids is 1. The number of carbonyl (C=O) groups excluding carboxylic acids is 3. The molecule has 0 amide bonds. The van der Waals surface area contributed by atoms with Gasteiger partial charge in [-0.3, -0.25) is 4.79 Å². The molecule has 0 spiro atoms. The second-order valence-electron chi connectivity index (χ2n) is 0.598. The Morgan fingerprint density at radius 3 is 1.23 bits per heavy atom. The summed E-state index contributed by atoms with van der Waals surface area (Å²) in [5, 5.41) is 7.60. The summed E-state index contributed by atoms with van der Waals surface area (Å²) in [6, 6.07) is 0. The molecule has 13 heavy (non-hydrogen) atoms. The van der Waals surface area contributed by atoms with Crippen LogP contribution in [0.2, 0.25) is 0 Å². The Balaban J connectivity index is -0.0000000230. The van der Waals surface area contributed by atoms with Crippen LogP contribution in [0, 0.1) is 0 Å². The molecule has 0 aliphatic rings. The summed E-state index contributed by atoms with van der Waals surface area (Å²) >= 11 is 1.82. The minimum atomic E-state index is -0.968. The molecular weight excluding hydrogens is 291 g/mol. The second-order valence-corrected chi connectivity index (χ2v) is 0.598. The molecule has 6 nitrogen and oxygen atoms in total. The molecule has 8 heteroatoms. The SMILES string of the molecule is NCC(=O)O.[CH+]=O.[CH+]=O.[CH+]=O.[Cl][Ru]. The fourth-order valence-corrected chi connectivity index (χ4v) is 0. The summed E-state index contributed by atoms with van der Waals surface area (Å²) < 4.78 is 0. The third-order valence-electron chi connectivity index (χ3n) is 0.175.